The largest absolute Gasteiger partial charge is 0.491 e. The number of rotatable bonds is 8. The van der Waals surface area contributed by atoms with Crippen LogP contribution < -0.4 is 15.8 Å². The van der Waals surface area contributed by atoms with E-state index in [4.69, 9.17) is 15.9 Å². The van der Waals surface area contributed by atoms with Crippen LogP contribution >= 0.6 is 12.4 Å². The third-order valence-corrected chi connectivity index (χ3v) is 5.70. The highest BCUT2D eigenvalue weighted by molar-refractivity contribution is 6.01. The molecule has 35 heavy (non-hydrogen) atoms. The van der Waals surface area contributed by atoms with E-state index in [1.807, 2.05) is 24.3 Å². The molecule has 0 aromatic heterocycles. The molecule has 2 aromatic rings. The fourth-order valence-electron chi connectivity index (χ4n) is 4.04. The summed E-state index contributed by atoms with van der Waals surface area (Å²) in [6.45, 7) is 3.73. The van der Waals surface area contributed by atoms with Gasteiger partial charge in [0.2, 0.25) is 5.91 Å². The summed E-state index contributed by atoms with van der Waals surface area (Å²) in [7, 11) is 0. The van der Waals surface area contributed by atoms with Crippen LogP contribution in [0.1, 0.15) is 32.3 Å². The van der Waals surface area contributed by atoms with Crippen LogP contribution in [0.5, 0.6) is 5.75 Å². The van der Waals surface area contributed by atoms with Gasteiger partial charge >= 0.3 is 12.0 Å². The third kappa shape index (κ3) is 6.71. The Labute approximate surface area is 209 Å². The molecule has 0 unspecified atom stereocenters. The van der Waals surface area contributed by atoms with E-state index in [9.17, 15) is 19.5 Å². The lowest BCUT2D eigenvalue weighted by Gasteiger charge is -2.23. The number of nitrogens with one attached hydrogen (secondary N) is 2. The summed E-state index contributed by atoms with van der Waals surface area (Å²) in [5.74, 6) is -1.02. The summed E-state index contributed by atoms with van der Waals surface area (Å²) in [4.78, 5) is 37.8. The highest BCUT2D eigenvalue weighted by atomic mass is 35.5. The van der Waals surface area contributed by atoms with E-state index in [0.29, 0.717) is 17.9 Å². The van der Waals surface area contributed by atoms with Crippen molar-refractivity contribution < 1.29 is 29.7 Å². The van der Waals surface area contributed by atoms with Gasteiger partial charge in [0, 0.05) is 12.1 Å². The standard InChI is InChI=1S/C24H28N4O5.ClH.H2O/c1-3-27-23(32)28-18(12-24(2,22(28)31)13-20(29)30)14-33-19-10-8-16(9-11-19)15-4-6-17(7-5-15)21(25)26;;/h4-11,18H,3,12-14H2,1-2H3,(H3,25,26)(H,27,32)(H,29,30);1H;1H2/t18-,24-;;/m0../s1. The van der Waals surface area contributed by atoms with Crippen LogP contribution in [-0.2, 0) is 9.59 Å². The van der Waals surface area contributed by atoms with E-state index in [-0.39, 0.29) is 43.2 Å². The van der Waals surface area contributed by atoms with E-state index >= 15 is 0 Å². The van der Waals surface area contributed by atoms with Gasteiger partial charge in [-0.25, -0.2) is 4.79 Å². The normalized spacial score (nSPS) is 18.7. The minimum atomic E-state index is -1.17. The number of urea groups is 1. The number of carbonyl (C=O) groups is 3. The lowest BCUT2D eigenvalue weighted by molar-refractivity contribution is -0.145. The van der Waals surface area contributed by atoms with Crippen molar-refractivity contribution in [2.24, 2.45) is 11.1 Å². The van der Waals surface area contributed by atoms with Crippen LogP contribution in [0.3, 0.4) is 0 Å². The number of nitrogens with two attached hydrogens (primary N) is 1. The van der Waals surface area contributed by atoms with Crippen LogP contribution in [0.2, 0.25) is 0 Å². The van der Waals surface area contributed by atoms with Gasteiger partial charge in [-0.2, -0.15) is 0 Å². The molecule has 1 fully saturated rings. The average Bonchev–Trinajstić information content (AvgIpc) is 3.02. The van der Waals surface area contributed by atoms with Gasteiger partial charge in [0.1, 0.15) is 18.2 Å². The number of carboxylic acid groups (broad SMARTS) is 1. The lowest BCUT2D eigenvalue weighted by Crippen LogP contribution is -2.48. The van der Waals surface area contributed by atoms with Gasteiger partial charge in [-0.1, -0.05) is 43.3 Å². The van der Waals surface area contributed by atoms with Gasteiger partial charge < -0.3 is 26.4 Å². The second-order valence-electron chi connectivity index (χ2n) is 8.33. The topological polar surface area (TPSA) is 177 Å². The summed E-state index contributed by atoms with van der Waals surface area (Å²) in [6, 6.07) is 13.5. The van der Waals surface area contributed by atoms with Crippen molar-refractivity contribution in [3.8, 4) is 16.9 Å². The first-order chi connectivity index (χ1) is 15.6. The minimum Gasteiger partial charge on any atom is -0.491 e. The fourth-order valence-corrected chi connectivity index (χ4v) is 4.04. The van der Waals surface area contributed by atoms with Crippen molar-refractivity contribution in [2.75, 3.05) is 13.2 Å². The van der Waals surface area contributed by atoms with Crippen molar-refractivity contribution in [1.29, 1.82) is 5.41 Å². The number of ether oxygens (including phenoxy) is 1. The van der Waals surface area contributed by atoms with Crippen LogP contribution in [-0.4, -0.2) is 58.4 Å². The number of benzene rings is 2. The number of imide groups is 1. The molecule has 0 aliphatic carbocycles. The Morgan fingerprint density at radius 1 is 1.17 bits per heavy atom. The molecule has 7 N–H and O–H groups in total. The molecular formula is C24H31ClN4O6. The second kappa shape index (κ2) is 12.2. The van der Waals surface area contributed by atoms with Crippen molar-refractivity contribution in [2.45, 2.75) is 32.7 Å². The van der Waals surface area contributed by atoms with Gasteiger partial charge in [-0.3, -0.25) is 19.9 Å². The summed E-state index contributed by atoms with van der Waals surface area (Å²) in [5.41, 5.74) is 6.88. The van der Waals surface area contributed by atoms with Gasteiger partial charge in [-0.05, 0) is 36.6 Å². The summed E-state index contributed by atoms with van der Waals surface area (Å²) in [5, 5.41) is 19.3. The Hall–Kier alpha value is -3.63. The number of nitrogens with zero attached hydrogens (tertiary/aromatic N) is 1. The molecule has 1 aliphatic rings. The average molecular weight is 507 g/mol. The second-order valence-corrected chi connectivity index (χ2v) is 8.33. The summed E-state index contributed by atoms with van der Waals surface area (Å²) in [6.07, 6.45) is -0.148. The minimum absolute atomic E-state index is 0. The number of hydrogen-bond donors (Lipinski definition) is 4. The van der Waals surface area contributed by atoms with Gasteiger partial charge in [0.25, 0.3) is 0 Å². The van der Waals surface area contributed by atoms with Crippen molar-refractivity contribution in [1.82, 2.24) is 10.2 Å². The quantitative estimate of drug-likeness (QED) is 0.315. The molecule has 3 rings (SSSR count). The number of aliphatic carboxylic acids is 1. The number of amidine groups is 1. The Bertz CT molecular complexity index is 1060. The third-order valence-electron chi connectivity index (χ3n) is 5.70. The molecule has 0 radical (unpaired) electrons. The molecule has 1 heterocycles. The van der Waals surface area contributed by atoms with Crippen LogP contribution in [0.4, 0.5) is 4.79 Å². The Morgan fingerprint density at radius 3 is 2.20 bits per heavy atom. The maximum absolute atomic E-state index is 12.9. The first-order valence-corrected chi connectivity index (χ1v) is 10.7. The SMILES string of the molecule is CCNC(=O)N1C(=O)[C@](C)(CC(=O)O)C[C@H]1COc1ccc(-c2ccc(C(=N)N)cc2)cc1.Cl.O. The monoisotopic (exact) mass is 506 g/mol. The predicted molar refractivity (Wildman–Crippen MR) is 134 cm³/mol. The molecule has 11 heteroatoms. The molecule has 1 saturated heterocycles. The zero-order chi connectivity index (χ0) is 24.2. The summed E-state index contributed by atoms with van der Waals surface area (Å²) < 4.78 is 5.87. The van der Waals surface area contributed by atoms with Crippen LogP contribution in [0.25, 0.3) is 11.1 Å². The maximum atomic E-state index is 12.9. The smallest absolute Gasteiger partial charge is 0.324 e. The highest BCUT2D eigenvalue weighted by Gasteiger charge is 2.52. The molecule has 3 amide bonds. The molecule has 1 aliphatic heterocycles. The molecule has 190 valence electrons. The van der Waals surface area contributed by atoms with Crippen molar-refractivity contribution >= 4 is 36.2 Å². The summed E-state index contributed by atoms with van der Waals surface area (Å²) >= 11 is 0. The van der Waals surface area contributed by atoms with Gasteiger partial charge in [0.15, 0.2) is 0 Å². The van der Waals surface area contributed by atoms with Gasteiger partial charge in [-0.15, -0.1) is 12.4 Å². The zero-order valence-electron chi connectivity index (χ0n) is 19.5. The first-order valence-electron chi connectivity index (χ1n) is 10.7. The van der Waals surface area contributed by atoms with E-state index in [1.165, 1.54) is 0 Å². The fraction of sp³-hybridized carbons (Fsp3) is 0.333. The number of carboxylic acids is 1. The Balaban J connectivity index is 0.00000306. The van der Waals surface area contributed by atoms with E-state index in [2.05, 4.69) is 5.32 Å². The lowest BCUT2D eigenvalue weighted by atomic mass is 9.84. The first kappa shape index (κ1) is 29.4. The number of amides is 3. The molecular weight excluding hydrogens is 476 g/mol. The molecule has 0 saturated carbocycles. The molecule has 2 atom stereocenters. The highest BCUT2D eigenvalue weighted by Crippen LogP contribution is 2.39. The number of halogens is 1. The Morgan fingerprint density at radius 2 is 1.71 bits per heavy atom. The van der Waals surface area contributed by atoms with Gasteiger partial charge in [0.05, 0.1) is 17.9 Å². The van der Waals surface area contributed by atoms with E-state index in [0.717, 1.165) is 16.0 Å². The van der Waals surface area contributed by atoms with E-state index in [1.54, 1.807) is 38.1 Å². The van der Waals surface area contributed by atoms with Crippen LogP contribution in [0.15, 0.2) is 48.5 Å². The Kier molecular flexibility index (Phi) is 10.2. The predicted octanol–water partition coefficient (Wildman–Crippen LogP) is 2.42. The maximum Gasteiger partial charge on any atom is 0.324 e. The van der Waals surface area contributed by atoms with Crippen molar-refractivity contribution in [3.05, 3.63) is 54.1 Å². The molecule has 0 bridgehead atoms. The molecule has 2 aromatic carbocycles. The molecule has 0 spiro atoms. The number of hydrogen-bond acceptors (Lipinski definition) is 5. The van der Waals surface area contributed by atoms with E-state index < -0.39 is 29.4 Å². The number of likely N-dealkylation sites (tertiary alicyclic amines) is 1. The zero-order valence-corrected chi connectivity index (χ0v) is 20.4. The van der Waals surface area contributed by atoms with Crippen LogP contribution in [0, 0.1) is 10.8 Å². The number of carbonyl (C=O) groups excluding carboxylic acids is 2. The number of nitrogen functional groups attached to an aromatic ring is 1. The molecule has 10 nitrogen and oxygen atoms in total. The van der Waals surface area contributed by atoms with Crippen molar-refractivity contribution in [3.63, 3.8) is 0 Å².